The standard InChI is InChI=1S/C15H16N2O2/c1-11-3-5-12(6-4-11)19-13-7-8-14(15(18)16-2)17-10-9-13/h3-10,13H,1-2H3,(H,16,18). The molecule has 0 spiro atoms. The summed E-state index contributed by atoms with van der Waals surface area (Å²) in [6, 6.07) is 7.82. The van der Waals surface area contributed by atoms with E-state index in [0.717, 1.165) is 5.75 Å². The van der Waals surface area contributed by atoms with E-state index in [2.05, 4.69) is 10.3 Å². The summed E-state index contributed by atoms with van der Waals surface area (Å²) in [5.74, 6) is 0.574. The van der Waals surface area contributed by atoms with Crippen molar-refractivity contribution < 1.29 is 9.53 Å². The van der Waals surface area contributed by atoms with Gasteiger partial charge in [0.25, 0.3) is 5.91 Å². The van der Waals surface area contributed by atoms with Gasteiger partial charge >= 0.3 is 0 Å². The summed E-state index contributed by atoms with van der Waals surface area (Å²) in [5.41, 5.74) is 1.55. The Kier molecular flexibility index (Phi) is 4.13. The fourth-order valence-corrected chi connectivity index (χ4v) is 1.62. The second-order valence-electron chi connectivity index (χ2n) is 4.19. The molecule has 1 amide bonds. The third-order valence-corrected chi connectivity index (χ3v) is 2.69. The van der Waals surface area contributed by atoms with Crippen LogP contribution in [0.1, 0.15) is 5.56 Å². The zero-order chi connectivity index (χ0) is 13.7. The lowest BCUT2D eigenvalue weighted by Crippen LogP contribution is -2.26. The van der Waals surface area contributed by atoms with Crippen molar-refractivity contribution in [3.63, 3.8) is 0 Å². The molecule has 4 heteroatoms. The maximum Gasteiger partial charge on any atom is 0.269 e. The Labute approximate surface area is 112 Å². The minimum atomic E-state index is -0.228. The zero-order valence-corrected chi connectivity index (χ0v) is 11.0. The average molecular weight is 256 g/mol. The summed E-state index contributed by atoms with van der Waals surface area (Å²) in [5, 5.41) is 2.54. The van der Waals surface area contributed by atoms with E-state index in [1.165, 1.54) is 5.56 Å². The fraction of sp³-hybridized carbons (Fsp3) is 0.200. The van der Waals surface area contributed by atoms with E-state index in [9.17, 15) is 4.79 Å². The largest absolute Gasteiger partial charge is 0.482 e. The van der Waals surface area contributed by atoms with Crippen molar-refractivity contribution >= 4 is 11.6 Å². The van der Waals surface area contributed by atoms with Gasteiger partial charge in [-0.1, -0.05) is 17.7 Å². The average Bonchev–Trinajstić information content (AvgIpc) is 2.66. The highest BCUT2D eigenvalue weighted by Crippen LogP contribution is 2.15. The van der Waals surface area contributed by atoms with Gasteiger partial charge in [-0.3, -0.25) is 9.79 Å². The van der Waals surface area contributed by atoms with Crippen LogP contribution in [-0.4, -0.2) is 24.8 Å². The molecular formula is C15H16N2O2. The first-order chi connectivity index (χ1) is 9.19. The van der Waals surface area contributed by atoms with Gasteiger partial charge in [-0.15, -0.1) is 0 Å². The SMILES string of the molecule is CNC(=O)C1=NC=CC(Oc2ccc(C)cc2)C=C1. The zero-order valence-electron chi connectivity index (χ0n) is 11.0. The molecule has 1 aromatic rings. The van der Waals surface area contributed by atoms with Crippen molar-refractivity contribution in [2.24, 2.45) is 4.99 Å². The molecule has 2 rings (SSSR count). The van der Waals surface area contributed by atoms with E-state index in [-0.39, 0.29) is 12.0 Å². The molecule has 1 atom stereocenters. The van der Waals surface area contributed by atoms with E-state index >= 15 is 0 Å². The number of amides is 1. The van der Waals surface area contributed by atoms with Crippen LogP contribution in [0.5, 0.6) is 5.75 Å². The topological polar surface area (TPSA) is 50.7 Å². The van der Waals surface area contributed by atoms with Crippen LogP contribution in [-0.2, 0) is 4.79 Å². The van der Waals surface area contributed by atoms with Crippen LogP contribution in [0.25, 0.3) is 0 Å². The molecule has 1 aliphatic rings. The normalized spacial score (nSPS) is 17.6. The van der Waals surface area contributed by atoms with E-state index in [0.29, 0.717) is 5.71 Å². The van der Waals surface area contributed by atoms with Crippen LogP contribution in [0.2, 0.25) is 0 Å². The fourth-order valence-electron chi connectivity index (χ4n) is 1.62. The first-order valence-electron chi connectivity index (χ1n) is 6.07. The maximum atomic E-state index is 11.5. The lowest BCUT2D eigenvalue weighted by molar-refractivity contribution is -0.114. The quantitative estimate of drug-likeness (QED) is 0.899. The Morgan fingerprint density at radius 3 is 2.68 bits per heavy atom. The molecule has 0 aromatic heterocycles. The van der Waals surface area contributed by atoms with Crippen molar-refractivity contribution in [2.45, 2.75) is 13.0 Å². The predicted octanol–water partition coefficient (Wildman–Crippen LogP) is 2.01. The van der Waals surface area contributed by atoms with E-state index in [4.69, 9.17) is 4.74 Å². The van der Waals surface area contributed by atoms with Gasteiger partial charge in [0.15, 0.2) is 0 Å². The first-order valence-corrected chi connectivity index (χ1v) is 6.07. The van der Waals surface area contributed by atoms with Crippen molar-refractivity contribution in [3.05, 3.63) is 54.3 Å². The number of ether oxygens (including phenoxy) is 1. The number of carbonyl (C=O) groups is 1. The molecule has 98 valence electrons. The number of benzene rings is 1. The molecular weight excluding hydrogens is 240 g/mol. The Bertz CT molecular complexity index is 542. The number of aliphatic imine (C=N–C) groups is 1. The van der Waals surface area contributed by atoms with Crippen LogP contribution in [0.4, 0.5) is 0 Å². The van der Waals surface area contributed by atoms with E-state index < -0.39 is 0 Å². The highest BCUT2D eigenvalue weighted by molar-refractivity contribution is 6.43. The van der Waals surface area contributed by atoms with Crippen molar-refractivity contribution in [1.29, 1.82) is 0 Å². The van der Waals surface area contributed by atoms with Gasteiger partial charge in [-0.25, -0.2) is 0 Å². The Morgan fingerprint density at radius 1 is 1.26 bits per heavy atom. The van der Waals surface area contributed by atoms with Crippen LogP contribution in [0, 0.1) is 6.92 Å². The Morgan fingerprint density at radius 2 is 2.00 bits per heavy atom. The Balaban J connectivity index is 2.05. The third kappa shape index (κ3) is 3.55. The number of aryl methyl sites for hydroxylation is 1. The van der Waals surface area contributed by atoms with Crippen molar-refractivity contribution in [2.75, 3.05) is 7.05 Å². The van der Waals surface area contributed by atoms with Crippen LogP contribution >= 0.6 is 0 Å². The predicted molar refractivity (Wildman–Crippen MR) is 75.4 cm³/mol. The summed E-state index contributed by atoms with van der Waals surface area (Å²) >= 11 is 0. The third-order valence-electron chi connectivity index (χ3n) is 2.69. The van der Waals surface area contributed by atoms with Gasteiger partial charge in [0.2, 0.25) is 0 Å². The molecule has 1 aromatic carbocycles. The molecule has 0 aliphatic carbocycles. The smallest absolute Gasteiger partial charge is 0.269 e. The Hall–Kier alpha value is -2.36. The molecule has 1 unspecified atom stereocenters. The van der Waals surface area contributed by atoms with Gasteiger partial charge in [0, 0.05) is 13.2 Å². The first kappa shape index (κ1) is 13.1. The summed E-state index contributed by atoms with van der Waals surface area (Å²) in [4.78, 5) is 15.5. The van der Waals surface area contributed by atoms with E-state index in [1.807, 2.05) is 31.2 Å². The van der Waals surface area contributed by atoms with Crippen LogP contribution in [0.3, 0.4) is 0 Å². The molecule has 1 N–H and O–H groups in total. The van der Waals surface area contributed by atoms with Gasteiger partial charge in [-0.2, -0.15) is 0 Å². The molecule has 0 radical (unpaired) electrons. The van der Waals surface area contributed by atoms with Gasteiger partial charge in [-0.05, 0) is 37.3 Å². The summed E-state index contributed by atoms with van der Waals surface area (Å²) < 4.78 is 5.77. The second-order valence-corrected chi connectivity index (χ2v) is 4.19. The monoisotopic (exact) mass is 256 g/mol. The summed E-state index contributed by atoms with van der Waals surface area (Å²) in [7, 11) is 1.58. The highest BCUT2D eigenvalue weighted by atomic mass is 16.5. The lowest BCUT2D eigenvalue weighted by atomic mass is 10.2. The molecule has 0 saturated carbocycles. The molecule has 0 bridgehead atoms. The second kappa shape index (κ2) is 6.00. The van der Waals surface area contributed by atoms with Gasteiger partial charge in [0.05, 0.1) is 0 Å². The molecule has 1 heterocycles. The van der Waals surface area contributed by atoms with Gasteiger partial charge < -0.3 is 10.1 Å². The lowest BCUT2D eigenvalue weighted by Gasteiger charge is -2.11. The highest BCUT2D eigenvalue weighted by Gasteiger charge is 2.10. The summed E-state index contributed by atoms with van der Waals surface area (Å²) in [6.07, 6.45) is 6.62. The molecule has 19 heavy (non-hydrogen) atoms. The molecule has 0 saturated heterocycles. The molecule has 1 aliphatic heterocycles. The number of nitrogens with one attached hydrogen (secondary N) is 1. The minimum absolute atomic E-state index is 0.211. The molecule has 0 fully saturated rings. The number of carbonyl (C=O) groups excluding carboxylic acids is 1. The van der Waals surface area contributed by atoms with Gasteiger partial charge in [0.1, 0.15) is 17.6 Å². The number of hydrogen-bond acceptors (Lipinski definition) is 3. The van der Waals surface area contributed by atoms with Crippen LogP contribution in [0.15, 0.2) is 53.7 Å². The number of nitrogens with zero attached hydrogens (tertiary/aromatic N) is 1. The van der Waals surface area contributed by atoms with Crippen molar-refractivity contribution in [1.82, 2.24) is 5.32 Å². The number of hydrogen-bond donors (Lipinski definition) is 1. The van der Waals surface area contributed by atoms with E-state index in [1.54, 1.807) is 31.5 Å². The van der Waals surface area contributed by atoms with Crippen LogP contribution < -0.4 is 10.1 Å². The maximum absolute atomic E-state index is 11.5. The van der Waals surface area contributed by atoms with Crippen molar-refractivity contribution in [3.8, 4) is 5.75 Å². The number of rotatable bonds is 3. The minimum Gasteiger partial charge on any atom is -0.482 e. The molecule has 4 nitrogen and oxygen atoms in total. The summed E-state index contributed by atoms with van der Waals surface area (Å²) in [6.45, 7) is 2.03.